The van der Waals surface area contributed by atoms with Gasteiger partial charge in [0, 0.05) is 5.97 Å². The van der Waals surface area contributed by atoms with E-state index in [4.69, 9.17) is 0 Å². The van der Waals surface area contributed by atoms with Crippen LogP contribution in [0.15, 0.2) is 0 Å². The fourth-order valence-electron chi connectivity index (χ4n) is 2.64. The maximum atomic E-state index is 10.2. The number of unbranched alkanes of at least 4 members (excludes halogenated alkanes) is 14. The molecule has 0 spiro atoms. The molecule has 0 heterocycles. The van der Waals surface area contributed by atoms with Gasteiger partial charge in [0.15, 0.2) is 0 Å². The summed E-state index contributed by atoms with van der Waals surface area (Å²) in [5.41, 5.74) is 0. The predicted octanol–water partition coefficient (Wildman–Crippen LogP) is -0.997. The zero-order valence-corrected chi connectivity index (χ0v) is 17.4. The predicted molar refractivity (Wildman–Crippen MR) is 84.6 cm³/mol. The number of carbonyl (C=O) groups excluding carboxylic acids is 1. The molecule has 0 unspecified atom stereocenters. The monoisotopic (exact) mass is 409 g/mol. The number of carboxylic acid groups (broad SMARTS) is 1. The Morgan fingerprint density at radius 1 is 0.609 bits per heavy atom. The first-order chi connectivity index (χ1) is 9.77. The van der Waals surface area contributed by atoms with Crippen LogP contribution in [-0.2, 0) is 21.9 Å². The molecule has 0 saturated carbocycles. The van der Waals surface area contributed by atoms with Gasteiger partial charge in [0.2, 0.25) is 0 Å². The first-order valence-electron chi connectivity index (χ1n) is 8.97. The van der Waals surface area contributed by atoms with Crippen molar-refractivity contribution >= 4 is 5.97 Å². The first-order valence-corrected chi connectivity index (χ1v) is 8.97. The van der Waals surface area contributed by atoms with Crippen molar-refractivity contribution in [1.29, 1.82) is 0 Å². The van der Waals surface area contributed by atoms with Crippen LogP contribution in [0.5, 0.6) is 0 Å². The number of carbonyl (C=O) groups is 1. The summed E-state index contributed by atoms with van der Waals surface area (Å²) in [6, 6.07) is 0. The van der Waals surface area contributed by atoms with Crippen molar-refractivity contribution < 1.29 is 51.8 Å². The number of halogens is 2. The molecule has 0 N–H and O–H groups in total. The van der Waals surface area contributed by atoms with Gasteiger partial charge < -0.3 is 34.7 Å². The van der Waals surface area contributed by atoms with Gasteiger partial charge in [0.1, 0.15) is 0 Å². The summed E-state index contributed by atoms with van der Waals surface area (Å²) in [5, 5.41) is 10.2. The van der Waals surface area contributed by atoms with Crippen LogP contribution in [-0.4, -0.2) is 5.97 Å². The van der Waals surface area contributed by atoms with E-state index in [9.17, 15) is 9.90 Å². The summed E-state index contributed by atoms with van der Waals surface area (Å²) in [6.45, 7) is 2.27. The molecular formula is C18H35Cl2FeO2. The normalized spacial score (nSPS) is 9.43. The fourth-order valence-corrected chi connectivity index (χ4v) is 2.64. The van der Waals surface area contributed by atoms with Crippen LogP contribution in [0.2, 0.25) is 0 Å². The van der Waals surface area contributed by atoms with Crippen LogP contribution < -0.4 is 29.9 Å². The SMILES string of the molecule is CCCCCCCCCCCCCCCCCC(=O)[O-].[Cl-].[Cl-].[Fe+3]. The molecule has 0 aromatic heterocycles. The minimum atomic E-state index is -0.903. The minimum absolute atomic E-state index is 0. The van der Waals surface area contributed by atoms with Gasteiger partial charge in [-0.1, -0.05) is 96.8 Å². The Labute approximate surface area is 167 Å². The molecular weight excluding hydrogens is 375 g/mol. The average Bonchev–Trinajstić information content (AvgIpc) is 2.43. The Morgan fingerprint density at radius 2 is 0.870 bits per heavy atom. The average molecular weight is 410 g/mol. The fraction of sp³-hybridized carbons (Fsp3) is 0.944. The maximum Gasteiger partial charge on any atom is 3.00 e. The Kier molecular flexibility index (Phi) is 37.4. The van der Waals surface area contributed by atoms with Gasteiger partial charge in [-0.3, -0.25) is 0 Å². The molecule has 2 nitrogen and oxygen atoms in total. The maximum absolute atomic E-state index is 10.2. The van der Waals surface area contributed by atoms with Crippen LogP contribution in [0.1, 0.15) is 110 Å². The van der Waals surface area contributed by atoms with Crippen molar-refractivity contribution in [2.45, 2.75) is 110 Å². The summed E-state index contributed by atoms with van der Waals surface area (Å²) in [7, 11) is 0. The Hall–Kier alpha value is 0.569. The van der Waals surface area contributed by atoms with Gasteiger partial charge in [-0.25, -0.2) is 0 Å². The quantitative estimate of drug-likeness (QED) is 0.242. The molecule has 0 aromatic rings. The number of carboxylic acids is 1. The zero-order chi connectivity index (χ0) is 14.9. The number of hydrogen-bond acceptors (Lipinski definition) is 2. The second kappa shape index (κ2) is 27.4. The van der Waals surface area contributed by atoms with Crippen molar-refractivity contribution in [2.24, 2.45) is 0 Å². The molecule has 0 rings (SSSR count). The van der Waals surface area contributed by atoms with Crippen LogP contribution in [0.4, 0.5) is 0 Å². The largest absolute Gasteiger partial charge is 3.00 e. The van der Waals surface area contributed by atoms with E-state index in [-0.39, 0.29) is 48.3 Å². The van der Waals surface area contributed by atoms with E-state index in [0.29, 0.717) is 0 Å². The van der Waals surface area contributed by atoms with Gasteiger partial charge in [0.05, 0.1) is 0 Å². The minimum Gasteiger partial charge on any atom is -1.00 e. The van der Waals surface area contributed by atoms with E-state index in [1.165, 1.54) is 83.5 Å². The van der Waals surface area contributed by atoms with E-state index in [2.05, 4.69) is 6.92 Å². The van der Waals surface area contributed by atoms with Gasteiger partial charge in [0.25, 0.3) is 0 Å². The van der Waals surface area contributed by atoms with Crippen LogP contribution in [0.3, 0.4) is 0 Å². The van der Waals surface area contributed by atoms with E-state index < -0.39 is 5.97 Å². The molecule has 0 fully saturated rings. The second-order valence-electron chi connectivity index (χ2n) is 6.07. The molecule has 141 valence electrons. The first kappa shape index (κ1) is 31.3. The number of hydrogen-bond donors (Lipinski definition) is 0. The Bertz CT molecular complexity index is 217. The molecule has 0 aliphatic rings. The van der Waals surface area contributed by atoms with E-state index in [1.54, 1.807) is 0 Å². The number of aliphatic carboxylic acids is 1. The molecule has 1 radical (unpaired) electrons. The zero-order valence-electron chi connectivity index (χ0n) is 14.7. The molecule has 0 aliphatic carbocycles. The topological polar surface area (TPSA) is 40.1 Å². The van der Waals surface area contributed by atoms with Crippen LogP contribution >= 0.6 is 0 Å². The third-order valence-electron chi connectivity index (χ3n) is 3.98. The molecule has 0 aromatic carbocycles. The molecule has 0 bridgehead atoms. The van der Waals surface area contributed by atoms with Crippen molar-refractivity contribution in [3.8, 4) is 0 Å². The molecule has 5 heteroatoms. The van der Waals surface area contributed by atoms with Gasteiger partial charge in [-0.15, -0.1) is 0 Å². The third kappa shape index (κ3) is 30.9. The van der Waals surface area contributed by atoms with E-state index in [0.717, 1.165) is 12.8 Å². The summed E-state index contributed by atoms with van der Waals surface area (Å²) >= 11 is 0. The third-order valence-corrected chi connectivity index (χ3v) is 3.98. The Morgan fingerprint density at radius 3 is 1.13 bits per heavy atom. The van der Waals surface area contributed by atoms with Gasteiger partial charge >= 0.3 is 17.1 Å². The molecule has 0 amide bonds. The van der Waals surface area contributed by atoms with Crippen molar-refractivity contribution in [1.82, 2.24) is 0 Å². The molecule has 0 saturated heterocycles. The van der Waals surface area contributed by atoms with Crippen LogP contribution in [0, 0.1) is 0 Å². The standard InChI is InChI=1S/C18H36O2.2ClH.Fe/c1-2-3-4-5-6-7-8-9-10-11-12-13-14-15-16-17-18(19)20;;;/h2-17H2,1H3,(H,19,20);2*1H;/q;;;+3/p-3. The molecule has 0 aliphatic heterocycles. The van der Waals surface area contributed by atoms with Gasteiger partial charge in [-0.2, -0.15) is 0 Å². The molecule has 0 atom stereocenters. The summed E-state index contributed by atoms with van der Waals surface area (Å²) in [5.74, 6) is -0.903. The second-order valence-corrected chi connectivity index (χ2v) is 6.07. The van der Waals surface area contributed by atoms with Crippen molar-refractivity contribution in [2.75, 3.05) is 0 Å². The van der Waals surface area contributed by atoms with Crippen molar-refractivity contribution in [3.05, 3.63) is 0 Å². The van der Waals surface area contributed by atoms with Crippen LogP contribution in [0.25, 0.3) is 0 Å². The summed E-state index contributed by atoms with van der Waals surface area (Å²) < 4.78 is 0. The Balaban J connectivity index is -0.000000602. The van der Waals surface area contributed by atoms with Crippen molar-refractivity contribution in [3.63, 3.8) is 0 Å². The van der Waals surface area contributed by atoms with E-state index >= 15 is 0 Å². The summed E-state index contributed by atoms with van der Waals surface area (Å²) in [6.07, 6.45) is 19.9. The summed E-state index contributed by atoms with van der Waals surface area (Å²) in [4.78, 5) is 10.2. The number of rotatable bonds is 16. The van der Waals surface area contributed by atoms with Gasteiger partial charge in [-0.05, 0) is 12.8 Å². The smallest absolute Gasteiger partial charge is 1.00 e. The molecule has 23 heavy (non-hydrogen) atoms. The van der Waals surface area contributed by atoms with E-state index in [1.807, 2.05) is 0 Å².